The monoisotopic (exact) mass is 300 g/mol. The van der Waals surface area contributed by atoms with Crippen molar-refractivity contribution >= 4 is 21.6 Å². The SMILES string of the molecule is CCc1c(-c2ccccc2)nc2ccc(Br)cn12. The maximum Gasteiger partial charge on any atom is 0.137 e. The molecule has 2 heterocycles. The summed E-state index contributed by atoms with van der Waals surface area (Å²) >= 11 is 3.51. The van der Waals surface area contributed by atoms with Gasteiger partial charge in [0.25, 0.3) is 0 Å². The van der Waals surface area contributed by atoms with Crippen LogP contribution >= 0.6 is 15.9 Å². The molecule has 0 aliphatic heterocycles. The van der Waals surface area contributed by atoms with Gasteiger partial charge in [-0.3, -0.25) is 0 Å². The molecule has 18 heavy (non-hydrogen) atoms. The van der Waals surface area contributed by atoms with Gasteiger partial charge in [-0.15, -0.1) is 0 Å². The van der Waals surface area contributed by atoms with Gasteiger partial charge in [-0.05, 0) is 34.5 Å². The zero-order chi connectivity index (χ0) is 12.5. The number of hydrogen-bond acceptors (Lipinski definition) is 1. The number of fused-ring (bicyclic) bond motifs is 1. The van der Waals surface area contributed by atoms with Crippen molar-refractivity contribution in [3.63, 3.8) is 0 Å². The summed E-state index contributed by atoms with van der Waals surface area (Å²) in [6, 6.07) is 14.4. The average molecular weight is 301 g/mol. The summed E-state index contributed by atoms with van der Waals surface area (Å²) in [6.07, 6.45) is 3.04. The van der Waals surface area contributed by atoms with Gasteiger partial charge in [-0.2, -0.15) is 0 Å². The molecule has 2 aromatic heterocycles. The highest BCUT2D eigenvalue weighted by Gasteiger charge is 2.12. The Morgan fingerprint density at radius 3 is 2.61 bits per heavy atom. The van der Waals surface area contributed by atoms with Crippen LogP contribution in [0.4, 0.5) is 0 Å². The van der Waals surface area contributed by atoms with Gasteiger partial charge in [-0.1, -0.05) is 37.3 Å². The van der Waals surface area contributed by atoms with E-state index in [0.29, 0.717) is 0 Å². The first kappa shape index (κ1) is 11.5. The second kappa shape index (κ2) is 4.58. The van der Waals surface area contributed by atoms with Crippen LogP contribution in [0.25, 0.3) is 16.9 Å². The van der Waals surface area contributed by atoms with Crippen LogP contribution in [-0.4, -0.2) is 9.38 Å². The van der Waals surface area contributed by atoms with Crippen molar-refractivity contribution in [3.05, 3.63) is 58.8 Å². The third-order valence-electron chi connectivity index (χ3n) is 3.06. The summed E-state index contributed by atoms with van der Waals surface area (Å²) in [7, 11) is 0. The van der Waals surface area contributed by atoms with Crippen LogP contribution in [0.2, 0.25) is 0 Å². The smallest absolute Gasteiger partial charge is 0.137 e. The molecule has 3 rings (SSSR count). The molecule has 0 aliphatic carbocycles. The first-order chi connectivity index (χ1) is 8.79. The zero-order valence-corrected chi connectivity index (χ0v) is 11.7. The summed E-state index contributed by atoms with van der Waals surface area (Å²) in [6.45, 7) is 2.16. The molecule has 0 saturated heterocycles. The number of aryl methyl sites for hydroxylation is 1. The van der Waals surface area contributed by atoms with Crippen LogP contribution in [0.3, 0.4) is 0 Å². The Kier molecular flexibility index (Phi) is 2.92. The van der Waals surface area contributed by atoms with E-state index in [-0.39, 0.29) is 0 Å². The lowest BCUT2D eigenvalue weighted by molar-refractivity contribution is 0.994. The van der Waals surface area contributed by atoms with Crippen LogP contribution in [0.15, 0.2) is 53.1 Å². The summed E-state index contributed by atoms with van der Waals surface area (Å²) < 4.78 is 3.23. The van der Waals surface area contributed by atoms with E-state index in [9.17, 15) is 0 Å². The van der Waals surface area contributed by atoms with E-state index >= 15 is 0 Å². The van der Waals surface area contributed by atoms with Gasteiger partial charge < -0.3 is 4.40 Å². The predicted molar refractivity (Wildman–Crippen MR) is 77.7 cm³/mol. The quantitative estimate of drug-likeness (QED) is 0.689. The Balaban J connectivity index is 2.30. The highest BCUT2D eigenvalue weighted by molar-refractivity contribution is 9.10. The van der Waals surface area contributed by atoms with Gasteiger partial charge >= 0.3 is 0 Å². The molecule has 0 saturated carbocycles. The van der Waals surface area contributed by atoms with E-state index in [1.807, 2.05) is 18.2 Å². The van der Waals surface area contributed by atoms with Crippen LogP contribution in [0.1, 0.15) is 12.6 Å². The number of rotatable bonds is 2. The molecule has 1 aromatic carbocycles. The molecule has 0 spiro atoms. The Bertz CT molecular complexity index is 686. The van der Waals surface area contributed by atoms with E-state index in [2.05, 4.69) is 57.7 Å². The molecule has 2 nitrogen and oxygen atoms in total. The van der Waals surface area contributed by atoms with Crippen molar-refractivity contribution in [1.82, 2.24) is 9.38 Å². The number of imidazole rings is 1. The molecule has 0 bridgehead atoms. The molecule has 0 amide bonds. The molecule has 3 heteroatoms. The molecule has 0 aliphatic rings. The minimum Gasteiger partial charge on any atom is -0.302 e. The number of halogens is 1. The fourth-order valence-electron chi connectivity index (χ4n) is 2.23. The maximum atomic E-state index is 4.74. The second-order valence-corrected chi connectivity index (χ2v) is 5.12. The second-order valence-electron chi connectivity index (χ2n) is 4.20. The molecular weight excluding hydrogens is 288 g/mol. The standard InChI is InChI=1S/C15H13BrN2/c1-2-13-15(11-6-4-3-5-7-11)17-14-9-8-12(16)10-18(13)14/h3-10H,2H2,1H3. The van der Waals surface area contributed by atoms with Gasteiger partial charge in [0.1, 0.15) is 5.65 Å². The molecule has 0 fully saturated rings. The third kappa shape index (κ3) is 1.85. The fraction of sp³-hybridized carbons (Fsp3) is 0.133. The van der Waals surface area contributed by atoms with Crippen molar-refractivity contribution in [1.29, 1.82) is 0 Å². The summed E-state index contributed by atoms with van der Waals surface area (Å²) in [4.78, 5) is 4.74. The Morgan fingerprint density at radius 1 is 1.11 bits per heavy atom. The number of hydrogen-bond donors (Lipinski definition) is 0. The molecule has 90 valence electrons. The molecule has 0 atom stereocenters. The first-order valence-electron chi connectivity index (χ1n) is 6.01. The Labute approximate surface area is 114 Å². The predicted octanol–water partition coefficient (Wildman–Crippen LogP) is 4.33. The topological polar surface area (TPSA) is 17.3 Å². The van der Waals surface area contributed by atoms with E-state index in [0.717, 1.165) is 22.2 Å². The highest BCUT2D eigenvalue weighted by atomic mass is 79.9. The fourth-order valence-corrected chi connectivity index (χ4v) is 2.57. The van der Waals surface area contributed by atoms with Crippen molar-refractivity contribution in [2.75, 3.05) is 0 Å². The van der Waals surface area contributed by atoms with Gasteiger partial charge in [0.15, 0.2) is 0 Å². The van der Waals surface area contributed by atoms with Crippen molar-refractivity contribution < 1.29 is 0 Å². The molecule has 3 aromatic rings. The lowest BCUT2D eigenvalue weighted by Crippen LogP contribution is -1.92. The highest BCUT2D eigenvalue weighted by Crippen LogP contribution is 2.25. The zero-order valence-electron chi connectivity index (χ0n) is 10.1. The number of nitrogens with zero attached hydrogens (tertiary/aromatic N) is 2. The Morgan fingerprint density at radius 2 is 1.89 bits per heavy atom. The van der Waals surface area contributed by atoms with Crippen LogP contribution < -0.4 is 0 Å². The van der Waals surface area contributed by atoms with E-state index in [1.165, 1.54) is 11.3 Å². The number of benzene rings is 1. The van der Waals surface area contributed by atoms with E-state index in [1.54, 1.807) is 0 Å². The van der Waals surface area contributed by atoms with Crippen molar-refractivity contribution in [3.8, 4) is 11.3 Å². The lowest BCUT2D eigenvalue weighted by atomic mass is 10.1. The van der Waals surface area contributed by atoms with Gasteiger partial charge in [0.05, 0.1) is 11.4 Å². The van der Waals surface area contributed by atoms with Crippen molar-refractivity contribution in [2.45, 2.75) is 13.3 Å². The number of pyridine rings is 1. The van der Waals surface area contributed by atoms with Gasteiger partial charge in [-0.25, -0.2) is 4.98 Å². The van der Waals surface area contributed by atoms with Crippen LogP contribution in [0, 0.1) is 0 Å². The minimum atomic E-state index is 0.960. The third-order valence-corrected chi connectivity index (χ3v) is 3.53. The first-order valence-corrected chi connectivity index (χ1v) is 6.81. The summed E-state index contributed by atoms with van der Waals surface area (Å²) in [5.74, 6) is 0. The molecular formula is C15H13BrN2. The summed E-state index contributed by atoms with van der Waals surface area (Å²) in [5, 5.41) is 0. The molecule has 0 N–H and O–H groups in total. The lowest BCUT2D eigenvalue weighted by Gasteiger charge is -2.02. The maximum absolute atomic E-state index is 4.74. The average Bonchev–Trinajstić information content (AvgIpc) is 2.77. The summed E-state index contributed by atoms with van der Waals surface area (Å²) in [5.41, 5.74) is 4.50. The van der Waals surface area contributed by atoms with E-state index in [4.69, 9.17) is 4.98 Å². The Hall–Kier alpha value is -1.61. The van der Waals surface area contributed by atoms with Gasteiger partial charge in [0.2, 0.25) is 0 Å². The van der Waals surface area contributed by atoms with Crippen LogP contribution in [-0.2, 0) is 6.42 Å². The van der Waals surface area contributed by atoms with Crippen molar-refractivity contribution in [2.24, 2.45) is 0 Å². The largest absolute Gasteiger partial charge is 0.302 e. The molecule has 0 radical (unpaired) electrons. The number of aromatic nitrogens is 2. The van der Waals surface area contributed by atoms with E-state index < -0.39 is 0 Å². The minimum absolute atomic E-state index is 0.960. The molecule has 0 unspecified atom stereocenters. The van der Waals surface area contributed by atoms with Gasteiger partial charge in [0, 0.05) is 16.2 Å². The van der Waals surface area contributed by atoms with Crippen LogP contribution in [0.5, 0.6) is 0 Å². The normalized spacial score (nSPS) is 11.0.